The first-order valence-corrected chi connectivity index (χ1v) is 8.90. The van der Waals surface area contributed by atoms with Crippen LogP contribution in [0.5, 0.6) is 0 Å². The van der Waals surface area contributed by atoms with Gasteiger partial charge in [-0.1, -0.05) is 42.5 Å². The van der Waals surface area contributed by atoms with Gasteiger partial charge in [0.1, 0.15) is 0 Å². The van der Waals surface area contributed by atoms with Gasteiger partial charge in [0.15, 0.2) is 5.78 Å². The molecule has 26 heavy (non-hydrogen) atoms. The Morgan fingerprint density at radius 3 is 2.77 bits per heavy atom. The number of hydrogen-bond acceptors (Lipinski definition) is 5. The average Bonchev–Trinajstić information content (AvgIpc) is 2.68. The quantitative estimate of drug-likeness (QED) is 0.470. The largest absolute Gasteiger partial charge is 0.314 e. The molecule has 0 bridgehead atoms. The van der Waals surface area contributed by atoms with Gasteiger partial charge in [-0.25, -0.2) is 0 Å². The number of nitro benzene ring substituents is 1. The van der Waals surface area contributed by atoms with Crippen LogP contribution in [0.25, 0.3) is 0 Å². The van der Waals surface area contributed by atoms with Gasteiger partial charge in [0.25, 0.3) is 5.69 Å². The first-order valence-electron chi connectivity index (χ1n) is 8.90. The van der Waals surface area contributed by atoms with Crippen LogP contribution in [0.1, 0.15) is 22.3 Å². The number of nitrogens with one attached hydrogen (secondary N) is 1. The smallest absolute Gasteiger partial charge is 0.270 e. The Bertz CT molecular complexity index is 764. The van der Waals surface area contributed by atoms with Gasteiger partial charge in [0.2, 0.25) is 0 Å². The number of carbonyl (C=O) groups is 1. The van der Waals surface area contributed by atoms with Crippen LogP contribution in [-0.4, -0.2) is 47.8 Å². The van der Waals surface area contributed by atoms with Gasteiger partial charge in [-0.2, -0.15) is 0 Å². The van der Waals surface area contributed by atoms with E-state index in [1.807, 2.05) is 18.2 Å². The molecule has 0 aliphatic carbocycles. The second kappa shape index (κ2) is 8.69. The van der Waals surface area contributed by atoms with Crippen molar-refractivity contribution in [1.29, 1.82) is 0 Å². The third-order valence-corrected chi connectivity index (χ3v) is 4.79. The molecule has 0 aromatic heterocycles. The van der Waals surface area contributed by atoms with Gasteiger partial charge >= 0.3 is 0 Å². The lowest BCUT2D eigenvalue weighted by atomic mass is 10.0. The summed E-state index contributed by atoms with van der Waals surface area (Å²) in [5.74, 6) is -0.0503. The van der Waals surface area contributed by atoms with Crippen LogP contribution in [0.3, 0.4) is 0 Å². The normalized spacial score (nSPS) is 17.8. The highest BCUT2D eigenvalue weighted by molar-refractivity contribution is 5.96. The van der Waals surface area contributed by atoms with Gasteiger partial charge in [-0.05, 0) is 12.0 Å². The van der Waals surface area contributed by atoms with E-state index in [0.717, 1.165) is 26.1 Å². The van der Waals surface area contributed by atoms with E-state index in [9.17, 15) is 14.9 Å². The molecular weight excluding hydrogens is 330 g/mol. The number of nitro groups is 1. The van der Waals surface area contributed by atoms with E-state index >= 15 is 0 Å². The van der Waals surface area contributed by atoms with E-state index < -0.39 is 4.92 Å². The maximum absolute atomic E-state index is 12.5. The number of benzene rings is 2. The van der Waals surface area contributed by atoms with Crippen LogP contribution in [-0.2, 0) is 6.42 Å². The molecule has 1 saturated heterocycles. The number of hydrogen-bond donors (Lipinski definition) is 1. The molecule has 0 spiro atoms. The van der Waals surface area contributed by atoms with Gasteiger partial charge in [0, 0.05) is 56.3 Å². The number of rotatable bonds is 7. The lowest BCUT2D eigenvalue weighted by Crippen LogP contribution is -2.52. The predicted molar refractivity (Wildman–Crippen MR) is 100 cm³/mol. The molecule has 3 rings (SSSR count). The fourth-order valence-corrected chi connectivity index (χ4v) is 3.37. The van der Waals surface area contributed by atoms with Gasteiger partial charge < -0.3 is 5.32 Å². The summed E-state index contributed by atoms with van der Waals surface area (Å²) in [6, 6.07) is 16.7. The topological polar surface area (TPSA) is 75.5 Å². The van der Waals surface area contributed by atoms with E-state index in [4.69, 9.17) is 0 Å². The summed E-state index contributed by atoms with van der Waals surface area (Å²) in [6.07, 6.45) is 1.31. The van der Waals surface area contributed by atoms with Crippen molar-refractivity contribution in [3.8, 4) is 0 Å². The Morgan fingerprint density at radius 2 is 2.00 bits per heavy atom. The molecule has 1 atom stereocenters. The Balaban J connectivity index is 1.60. The van der Waals surface area contributed by atoms with E-state index in [1.54, 1.807) is 12.1 Å². The van der Waals surface area contributed by atoms with Crippen molar-refractivity contribution in [1.82, 2.24) is 10.2 Å². The van der Waals surface area contributed by atoms with Crippen molar-refractivity contribution in [2.24, 2.45) is 0 Å². The Labute approximate surface area is 153 Å². The van der Waals surface area contributed by atoms with Crippen molar-refractivity contribution in [3.63, 3.8) is 0 Å². The number of ketones is 1. The van der Waals surface area contributed by atoms with Crippen LogP contribution in [0.4, 0.5) is 5.69 Å². The molecule has 6 heteroatoms. The zero-order valence-corrected chi connectivity index (χ0v) is 14.6. The molecule has 1 unspecified atom stereocenters. The summed E-state index contributed by atoms with van der Waals surface area (Å²) in [5.41, 5.74) is 1.66. The van der Waals surface area contributed by atoms with Crippen molar-refractivity contribution < 1.29 is 9.72 Å². The number of nitrogens with zero attached hydrogens (tertiary/aromatic N) is 2. The summed E-state index contributed by atoms with van der Waals surface area (Å²) in [5, 5.41) is 14.3. The van der Waals surface area contributed by atoms with Crippen LogP contribution in [0.15, 0.2) is 54.6 Å². The molecule has 0 saturated carbocycles. The highest BCUT2D eigenvalue weighted by atomic mass is 16.6. The fourth-order valence-electron chi connectivity index (χ4n) is 3.37. The maximum atomic E-state index is 12.5. The molecule has 136 valence electrons. The minimum absolute atomic E-state index is 0.0417. The lowest BCUT2D eigenvalue weighted by Gasteiger charge is -2.36. The standard InChI is InChI=1S/C20H23N3O3/c24-20(17-7-4-8-18(14-17)23(25)26)9-11-22-12-10-21-15-19(22)13-16-5-2-1-3-6-16/h1-8,14,19,21H,9-13,15H2. The lowest BCUT2D eigenvalue weighted by molar-refractivity contribution is -0.384. The second-order valence-electron chi connectivity index (χ2n) is 6.56. The third-order valence-electron chi connectivity index (χ3n) is 4.79. The molecule has 1 fully saturated rings. The number of non-ortho nitro benzene ring substituents is 1. The highest BCUT2D eigenvalue weighted by Crippen LogP contribution is 2.16. The predicted octanol–water partition coefficient (Wildman–Crippen LogP) is 2.68. The first kappa shape index (κ1) is 18.2. The van der Waals surface area contributed by atoms with Gasteiger partial charge in [-0.15, -0.1) is 0 Å². The van der Waals surface area contributed by atoms with Crippen molar-refractivity contribution in [2.45, 2.75) is 18.9 Å². The SMILES string of the molecule is O=C(CCN1CCNCC1Cc1ccccc1)c1cccc([N+](=O)[O-])c1. The third kappa shape index (κ3) is 4.74. The van der Waals surface area contributed by atoms with Crippen LogP contribution < -0.4 is 5.32 Å². The van der Waals surface area contributed by atoms with E-state index in [1.165, 1.54) is 17.7 Å². The Morgan fingerprint density at radius 1 is 1.19 bits per heavy atom. The molecule has 2 aromatic rings. The summed E-state index contributed by atoms with van der Waals surface area (Å²) < 4.78 is 0. The summed E-state index contributed by atoms with van der Waals surface area (Å²) in [6.45, 7) is 3.39. The van der Waals surface area contributed by atoms with Crippen molar-refractivity contribution in [2.75, 3.05) is 26.2 Å². The zero-order chi connectivity index (χ0) is 18.4. The Hall–Kier alpha value is -2.57. The molecular formula is C20H23N3O3. The summed E-state index contributed by atoms with van der Waals surface area (Å²) >= 11 is 0. The number of Topliss-reactive ketones (excluding diaryl/α,β-unsaturated/α-hetero) is 1. The number of carbonyl (C=O) groups excluding carboxylic acids is 1. The van der Waals surface area contributed by atoms with Crippen molar-refractivity contribution >= 4 is 11.5 Å². The summed E-state index contributed by atoms with van der Waals surface area (Å²) in [4.78, 5) is 25.2. The molecule has 2 aromatic carbocycles. The van der Waals surface area contributed by atoms with Crippen LogP contribution in [0, 0.1) is 10.1 Å². The average molecular weight is 353 g/mol. The zero-order valence-electron chi connectivity index (χ0n) is 14.6. The second-order valence-corrected chi connectivity index (χ2v) is 6.56. The fraction of sp³-hybridized carbons (Fsp3) is 0.350. The number of piperazine rings is 1. The Kier molecular flexibility index (Phi) is 6.09. The maximum Gasteiger partial charge on any atom is 0.270 e. The van der Waals surface area contributed by atoms with E-state index in [0.29, 0.717) is 24.6 Å². The van der Waals surface area contributed by atoms with Crippen LogP contribution >= 0.6 is 0 Å². The monoisotopic (exact) mass is 353 g/mol. The molecule has 1 heterocycles. The van der Waals surface area contributed by atoms with E-state index in [2.05, 4.69) is 22.3 Å². The minimum atomic E-state index is -0.469. The molecule has 1 aliphatic heterocycles. The molecule has 1 N–H and O–H groups in total. The molecule has 0 amide bonds. The van der Waals surface area contributed by atoms with Crippen LogP contribution in [0.2, 0.25) is 0 Å². The van der Waals surface area contributed by atoms with Gasteiger partial charge in [0.05, 0.1) is 4.92 Å². The molecule has 0 radical (unpaired) electrons. The summed E-state index contributed by atoms with van der Waals surface area (Å²) in [7, 11) is 0. The van der Waals surface area contributed by atoms with E-state index in [-0.39, 0.29) is 11.5 Å². The first-order chi connectivity index (χ1) is 12.6. The molecule has 6 nitrogen and oxygen atoms in total. The minimum Gasteiger partial charge on any atom is -0.314 e. The highest BCUT2D eigenvalue weighted by Gasteiger charge is 2.23. The van der Waals surface area contributed by atoms with Crippen molar-refractivity contribution in [3.05, 3.63) is 75.8 Å². The van der Waals surface area contributed by atoms with Gasteiger partial charge in [-0.3, -0.25) is 19.8 Å². The molecule has 1 aliphatic rings.